The van der Waals surface area contributed by atoms with E-state index in [1.165, 1.54) is 11.3 Å². The Morgan fingerprint density at radius 1 is 1.22 bits per heavy atom. The van der Waals surface area contributed by atoms with E-state index < -0.39 is 0 Å². The number of hydrogen-bond acceptors (Lipinski definition) is 4. The Bertz CT molecular complexity index is 389. The summed E-state index contributed by atoms with van der Waals surface area (Å²) in [4.78, 5) is 4.92. The van der Waals surface area contributed by atoms with Crippen LogP contribution in [0.1, 0.15) is 5.56 Å². The van der Waals surface area contributed by atoms with E-state index in [1.54, 1.807) is 7.11 Å². The molecule has 4 heteroatoms. The molecule has 0 bridgehead atoms. The summed E-state index contributed by atoms with van der Waals surface area (Å²) in [6, 6.07) is 6.43. The number of ether oxygens (including phenoxy) is 1. The summed E-state index contributed by atoms with van der Waals surface area (Å²) in [6.07, 6.45) is 0. The first kappa shape index (κ1) is 13.6. The topological polar surface area (TPSA) is 15.7 Å². The third-order valence-corrected chi connectivity index (χ3v) is 3.73. The molecule has 0 aromatic heterocycles. The lowest BCUT2D eigenvalue weighted by Gasteiger charge is -2.36. The second kappa shape index (κ2) is 6.34. The highest BCUT2D eigenvalue weighted by atomic mass is 32.1. The molecular formula is C14H22N2OS. The third-order valence-electron chi connectivity index (χ3n) is 3.53. The lowest BCUT2D eigenvalue weighted by Crippen LogP contribution is -2.46. The number of rotatable bonds is 4. The Balaban J connectivity index is 1.99. The van der Waals surface area contributed by atoms with Crippen LogP contribution >= 0.6 is 12.6 Å². The predicted molar refractivity (Wildman–Crippen MR) is 80.2 cm³/mol. The fourth-order valence-electron chi connectivity index (χ4n) is 2.43. The number of piperazine rings is 1. The molecular weight excluding hydrogens is 244 g/mol. The third kappa shape index (κ3) is 3.12. The van der Waals surface area contributed by atoms with E-state index in [0.717, 1.165) is 44.2 Å². The second-order valence-electron chi connectivity index (χ2n) is 4.71. The molecule has 0 unspecified atom stereocenters. The van der Waals surface area contributed by atoms with Gasteiger partial charge in [0.05, 0.1) is 7.11 Å². The van der Waals surface area contributed by atoms with E-state index in [1.807, 2.05) is 0 Å². The highest BCUT2D eigenvalue weighted by Gasteiger charge is 2.16. The largest absolute Gasteiger partial charge is 0.496 e. The summed E-state index contributed by atoms with van der Waals surface area (Å²) in [5, 5.41) is 0. The van der Waals surface area contributed by atoms with Crippen LogP contribution in [0.2, 0.25) is 0 Å². The van der Waals surface area contributed by atoms with E-state index in [9.17, 15) is 0 Å². The Hall–Kier alpha value is -0.870. The number of thiol groups is 1. The molecule has 0 spiro atoms. The van der Waals surface area contributed by atoms with Crippen LogP contribution in [0.25, 0.3) is 0 Å². The fourth-order valence-corrected chi connectivity index (χ4v) is 2.71. The molecule has 1 aromatic rings. The monoisotopic (exact) mass is 266 g/mol. The maximum absolute atomic E-state index is 5.30. The van der Waals surface area contributed by atoms with Gasteiger partial charge in [0.2, 0.25) is 0 Å². The molecule has 100 valence electrons. The summed E-state index contributed by atoms with van der Waals surface area (Å²) in [6.45, 7) is 7.65. The summed E-state index contributed by atoms with van der Waals surface area (Å²) in [7, 11) is 1.72. The lowest BCUT2D eigenvalue weighted by atomic mass is 10.1. The molecule has 0 atom stereocenters. The van der Waals surface area contributed by atoms with Crippen molar-refractivity contribution in [3.05, 3.63) is 23.8 Å². The van der Waals surface area contributed by atoms with E-state index in [0.29, 0.717) is 0 Å². The molecule has 0 radical (unpaired) electrons. The van der Waals surface area contributed by atoms with Crippen molar-refractivity contribution >= 4 is 18.3 Å². The van der Waals surface area contributed by atoms with Crippen LogP contribution < -0.4 is 9.64 Å². The van der Waals surface area contributed by atoms with Crippen molar-refractivity contribution in [3.8, 4) is 5.75 Å². The van der Waals surface area contributed by atoms with Gasteiger partial charge < -0.3 is 9.64 Å². The van der Waals surface area contributed by atoms with Gasteiger partial charge in [0.1, 0.15) is 5.75 Å². The molecule has 0 saturated carbocycles. The van der Waals surface area contributed by atoms with Crippen LogP contribution in [0.15, 0.2) is 18.2 Å². The Morgan fingerprint density at radius 3 is 2.50 bits per heavy atom. The predicted octanol–water partition coefficient (Wildman–Crippen LogP) is 2.06. The summed E-state index contributed by atoms with van der Waals surface area (Å²) in [5.74, 6) is 1.91. The van der Waals surface area contributed by atoms with Crippen molar-refractivity contribution in [2.24, 2.45) is 0 Å². The van der Waals surface area contributed by atoms with Gasteiger partial charge in [-0.15, -0.1) is 0 Å². The summed E-state index contributed by atoms with van der Waals surface area (Å²) in [5.41, 5.74) is 2.51. The van der Waals surface area contributed by atoms with Gasteiger partial charge in [-0.25, -0.2) is 0 Å². The van der Waals surface area contributed by atoms with Crippen molar-refractivity contribution in [2.75, 3.05) is 50.5 Å². The first-order chi connectivity index (χ1) is 8.74. The fraction of sp³-hybridized carbons (Fsp3) is 0.571. The number of methoxy groups -OCH3 is 1. The number of benzene rings is 1. The second-order valence-corrected chi connectivity index (χ2v) is 5.15. The van der Waals surface area contributed by atoms with Gasteiger partial charge in [-0.1, -0.05) is 0 Å². The van der Waals surface area contributed by atoms with Crippen LogP contribution in [-0.4, -0.2) is 50.5 Å². The van der Waals surface area contributed by atoms with Crippen molar-refractivity contribution in [1.82, 2.24) is 4.90 Å². The SMILES string of the molecule is COc1ccc(N2CCN(CCS)CC2)cc1C. The average molecular weight is 266 g/mol. The molecule has 18 heavy (non-hydrogen) atoms. The smallest absolute Gasteiger partial charge is 0.121 e. The van der Waals surface area contributed by atoms with Crippen LogP contribution in [-0.2, 0) is 0 Å². The Labute approximate surface area is 115 Å². The molecule has 1 fully saturated rings. The zero-order chi connectivity index (χ0) is 13.0. The molecule has 1 aromatic carbocycles. The van der Waals surface area contributed by atoms with Crippen molar-refractivity contribution < 1.29 is 4.74 Å². The molecule has 3 nitrogen and oxygen atoms in total. The molecule has 0 aliphatic carbocycles. The van der Waals surface area contributed by atoms with Gasteiger partial charge in [0.15, 0.2) is 0 Å². The normalized spacial score (nSPS) is 16.9. The zero-order valence-corrected chi connectivity index (χ0v) is 12.1. The van der Waals surface area contributed by atoms with E-state index in [-0.39, 0.29) is 0 Å². The van der Waals surface area contributed by atoms with Crippen LogP contribution in [0.3, 0.4) is 0 Å². The van der Waals surface area contributed by atoms with Gasteiger partial charge in [-0.3, -0.25) is 4.90 Å². The summed E-state index contributed by atoms with van der Waals surface area (Å²) >= 11 is 4.29. The highest BCUT2D eigenvalue weighted by molar-refractivity contribution is 7.80. The van der Waals surface area contributed by atoms with E-state index in [4.69, 9.17) is 4.74 Å². The minimum Gasteiger partial charge on any atom is -0.496 e. The minimum atomic E-state index is 0.946. The van der Waals surface area contributed by atoms with E-state index in [2.05, 4.69) is 47.6 Å². The number of aryl methyl sites for hydroxylation is 1. The molecule has 1 aliphatic heterocycles. The number of anilines is 1. The van der Waals surface area contributed by atoms with Crippen molar-refractivity contribution in [2.45, 2.75) is 6.92 Å². The molecule has 0 amide bonds. The zero-order valence-electron chi connectivity index (χ0n) is 11.2. The maximum atomic E-state index is 5.30. The standard InChI is InChI=1S/C14H22N2OS/c1-12-11-13(3-4-14(12)17-2)16-7-5-15(6-8-16)9-10-18/h3-4,11,18H,5-10H2,1-2H3. The maximum Gasteiger partial charge on any atom is 0.121 e. The van der Waals surface area contributed by atoms with Gasteiger partial charge in [-0.2, -0.15) is 12.6 Å². The first-order valence-corrected chi connectivity index (χ1v) is 7.10. The van der Waals surface area contributed by atoms with E-state index >= 15 is 0 Å². The van der Waals surface area contributed by atoms with Gasteiger partial charge in [-0.05, 0) is 30.7 Å². The Morgan fingerprint density at radius 2 is 1.94 bits per heavy atom. The lowest BCUT2D eigenvalue weighted by molar-refractivity contribution is 0.273. The quantitative estimate of drug-likeness (QED) is 0.840. The first-order valence-electron chi connectivity index (χ1n) is 6.47. The summed E-state index contributed by atoms with van der Waals surface area (Å²) < 4.78 is 5.30. The number of hydrogen-bond donors (Lipinski definition) is 1. The molecule has 2 rings (SSSR count). The van der Waals surface area contributed by atoms with Crippen molar-refractivity contribution in [3.63, 3.8) is 0 Å². The molecule has 1 saturated heterocycles. The van der Waals surface area contributed by atoms with Gasteiger partial charge >= 0.3 is 0 Å². The van der Waals surface area contributed by atoms with Gasteiger partial charge in [0, 0.05) is 44.2 Å². The van der Waals surface area contributed by atoms with Crippen LogP contribution in [0.4, 0.5) is 5.69 Å². The Kier molecular flexibility index (Phi) is 4.78. The average Bonchev–Trinajstić information content (AvgIpc) is 2.40. The van der Waals surface area contributed by atoms with Crippen LogP contribution in [0.5, 0.6) is 5.75 Å². The molecule has 1 heterocycles. The van der Waals surface area contributed by atoms with Crippen LogP contribution in [0, 0.1) is 6.92 Å². The van der Waals surface area contributed by atoms with Crippen molar-refractivity contribution in [1.29, 1.82) is 0 Å². The number of nitrogens with zero attached hydrogens (tertiary/aromatic N) is 2. The minimum absolute atomic E-state index is 0.946. The highest BCUT2D eigenvalue weighted by Crippen LogP contribution is 2.24. The van der Waals surface area contributed by atoms with Gasteiger partial charge in [0.25, 0.3) is 0 Å². The molecule has 0 N–H and O–H groups in total. The molecule has 1 aliphatic rings.